The Morgan fingerprint density at radius 2 is 0.655 bits per heavy atom. The quantitative estimate of drug-likeness (QED) is 0.107. The van der Waals surface area contributed by atoms with Crippen LogP contribution >= 0.6 is 0 Å². The van der Waals surface area contributed by atoms with Crippen LogP contribution in [0.15, 0.2) is 134 Å². The van der Waals surface area contributed by atoms with E-state index in [4.69, 9.17) is 35.7 Å². The number of rotatable bonds is 2. The van der Waals surface area contributed by atoms with Gasteiger partial charge in [-0.25, -0.2) is 0 Å². The normalized spacial score (nSPS) is 9.75. The third-order valence-electron chi connectivity index (χ3n) is 7.14. The van der Waals surface area contributed by atoms with Crippen molar-refractivity contribution >= 4 is 55.6 Å². The van der Waals surface area contributed by atoms with Crippen molar-refractivity contribution < 1.29 is 83.5 Å². The maximum atomic E-state index is 10.2. The first-order chi connectivity index (χ1) is 25.9. The van der Waals surface area contributed by atoms with Gasteiger partial charge in [-0.2, -0.15) is 0 Å². The number of hydrogen-bond donors (Lipinski definition) is 4. The van der Waals surface area contributed by atoms with Gasteiger partial charge in [-0.15, -0.1) is 0 Å². The molecule has 0 fully saturated rings. The molecule has 8 rings (SSSR count). The fraction of sp³-hybridized carbons (Fsp3) is 0. The summed E-state index contributed by atoms with van der Waals surface area (Å²) >= 11 is 0. The van der Waals surface area contributed by atoms with Gasteiger partial charge in [0.25, 0.3) is 0 Å². The number of fused-ring (bicyclic) bond motifs is 6. The average molecular weight is 891 g/mol. The van der Waals surface area contributed by atoms with Gasteiger partial charge >= 0.3 is 38.2 Å². The van der Waals surface area contributed by atoms with E-state index in [1.165, 1.54) is 12.1 Å². The van der Waals surface area contributed by atoms with Gasteiger partial charge in [0.1, 0.15) is 23.0 Å². The van der Waals surface area contributed by atoms with Gasteiger partial charge in [0.05, 0.1) is 50.2 Å². The smallest absolute Gasteiger partial charge is 0.545 e. The first kappa shape index (κ1) is 42.5. The zero-order valence-corrected chi connectivity index (χ0v) is 29.9. The summed E-state index contributed by atoms with van der Waals surface area (Å²) in [4.78, 5) is 46.1. The molecular weight excluding hydrogens is 865 g/mol. The molecule has 279 valence electrons. The fourth-order valence-corrected chi connectivity index (χ4v) is 4.83. The predicted octanol–water partition coefficient (Wildman–Crippen LogP) is 4.25. The summed E-state index contributed by atoms with van der Waals surface area (Å²) in [5, 5.41) is 75.2. The van der Waals surface area contributed by atoms with Crippen molar-refractivity contribution in [1.29, 1.82) is 0 Å². The minimum absolute atomic E-state index is 0. The maximum absolute atomic E-state index is 10.2. The maximum Gasteiger partial charge on any atom is 3.00 e. The molecule has 0 saturated heterocycles. The topological polar surface area (TPSA) is 279 Å². The number of aromatic carboxylic acids is 2. The monoisotopic (exact) mass is 892 g/mol. The van der Waals surface area contributed by atoms with Crippen LogP contribution in [-0.2, 0) is 0 Å². The predicted molar refractivity (Wildman–Crippen MR) is 193 cm³/mol. The number of hydrogen-bond acceptors (Lipinski definition) is 15. The van der Waals surface area contributed by atoms with Gasteiger partial charge in [-0.3, -0.25) is 19.9 Å². The van der Waals surface area contributed by atoms with Gasteiger partial charge in [0, 0.05) is 46.3 Å². The van der Waals surface area contributed by atoms with Gasteiger partial charge in [0.15, 0.2) is 0 Å². The molecule has 0 bridgehead atoms. The van der Waals surface area contributed by atoms with Crippen molar-refractivity contribution in [2.24, 2.45) is 0 Å². The molecule has 0 spiro atoms. The number of carbonyl (C=O) groups is 2. The van der Waals surface area contributed by atoms with Crippen LogP contribution < -0.4 is 10.2 Å². The van der Waals surface area contributed by atoms with E-state index < -0.39 is 51.2 Å². The molecule has 0 aliphatic carbocycles. The van der Waals surface area contributed by atoms with Crippen molar-refractivity contribution in [1.82, 2.24) is 19.9 Å². The van der Waals surface area contributed by atoms with E-state index in [2.05, 4.69) is 68.5 Å². The number of aromatic hydroxyl groups is 4. The number of carboxylic acid groups (broad SMARTS) is 2. The van der Waals surface area contributed by atoms with Crippen LogP contribution in [0.4, 0.5) is 0 Å². The van der Waals surface area contributed by atoms with Crippen molar-refractivity contribution in [3.63, 3.8) is 0 Å². The number of aromatic nitrogens is 4. The summed E-state index contributed by atoms with van der Waals surface area (Å²) in [6, 6.07) is 31.6. The van der Waals surface area contributed by atoms with Crippen LogP contribution in [0.5, 0.6) is 23.0 Å². The Bertz CT molecular complexity index is 2270. The molecule has 0 aliphatic heterocycles. The van der Waals surface area contributed by atoms with Crippen molar-refractivity contribution in [2.45, 2.75) is 0 Å². The van der Waals surface area contributed by atoms with E-state index in [-0.39, 0.29) is 38.2 Å². The molecule has 4 aromatic heterocycles. The molecule has 55 heavy (non-hydrogen) atoms. The zero-order chi connectivity index (χ0) is 39.2. The molecule has 0 saturated carbocycles. The van der Waals surface area contributed by atoms with E-state index >= 15 is 0 Å². The van der Waals surface area contributed by atoms with Crippen molar-refractivity contribution in [3.8, 4) is 23.0 Å². The Morgan fingerprint density at radius 1 is 0.436 bits per heavy atom. The zero-order valence-electron chi connectivity index (χ0n) is 27.9. The number of phenols is 4. The number of carboxylic acids is 2. The SMILES string of the molecule is O=C([O-])c1c(O)cccc1O.O=C([O-])c1c(O)cccc1O.O=[N+]([O-])[O-].[Dy+3].c1cnc2c(c1)ccc1cccnc12.c1cnc2c(c1)ccc1cccnc12. The molecule has 0 amide bonds. The minimum Gasteiger partial charge on any atom is -0.545 e. The Labute approximate surface area is 340 Å². The molecule has 1 radical (unpaired) electrons. The number of nitrogens with zero attached hydrogens (tertiary/aromatic N) is 5. The third-order valence-corrected chi connectivity index (χ3v) is 7.14. The Balaban J connectivity index is 0.000000191. The molecule has 0 aliphatic rings. The standard InChI is InChI=1S/2C12H8N2.2C7H6O4.Dy.NO3/c2*1-3-9-5-6-10-4-2-8-14-12(10)11(9)13-7-1;2*8-4-2-1-3-5(9)6(4)7(10)11;;2-1(3)4/h2*1-8H;2*1-3,8-9H,(H,10,11);;/q;;;;+3;-1/p-2. The molecule has 0 atom stereocenters. The van der Waals surface area contributed by atoms with Gasteiger partial charge in [-0.1, -0.05) is 60.7 Å². The molecule has 8 aromatic rings. The Hall–Kier alpha value is -6.87. The largest absolute Gasteiger partial charge is 3.00 e. The first-order valence-electron chi connectivity index (χ1n) is 15.3. The van der Waals surface area contributed by atoms with Gasteiger partial charge < -0.3 is 55.5 Å². The Kier molecular flexibility index (Phi) is 15.8. The second-order valence-electron chi connectivity index (χ2n) is 10.6. The summed E-state index contributed by atoms with van der Waals surface area (Å²) < 4.78 is 0. The van der Waals surface area contributed by atoms with Crippen molar-refractivity contribution in [2.75, 3.05) is 0 Å². The molecular formula is C38H26DyN5O11. The van der Waals surface area contributed by atoms with E-state index in [1.807, 2.05) is 24.3 Å². The number of pyridine rings is 4. The average Bonchev–Trinajstić information content (AvgIpc) is 3.15. The second-order valence-corrected chi connectivity index (χ2v) is 10.6. The summed E-state index contributed by atoms with van der Waals surface area (Å²) in [5.41, 5.74) is 2.76. The Morgan fingerprint density at radius 3 is 0.836 bits per heavy atom. The first-order valence-corrected chi connectivity index (χ1v) is 15.3. The van der Waals surface area contributed by atoms with Crippen LogP contribution in [0.2, 0.25) is 0 Å². The minimum atomic E-state index is -1.75. The second kappa shape index (κ2) is 20.4. The summed E-state index contributed by atoms with van der Waals surface area (Å²) in [7, 11) is 0. The summed E-state index contributed by atoms with van der Waals surface area (Å²) in [6.45, 7) is 0. The molecule has 17 heteroatoms. The van der Waals surface area contributed by atoms with Gasteiger partial charge in [-0.05, 0) is 48.5 Å². The molecule has 16 nitrogen and oxygen atoms in total. The van der Waals surface area contributed by atoms with Crippen LogP contribution in [0.1, 0.15) is 20.7 Å². The molecule has 4 heterocycles. The van der Waals surface area contributed by atoms with Crippen LogP contribution in [-0.4, -0.2) is 57.4 Å². The molecule has 4 aromatic carbocycles. The van der Waals surface area contributed by atoms with E-state index in [0.29, 0.717) is 0 Å². The molecule has 0 unspecified atom stereocenters. The van der Waals surface area contributed by atoms with E-state index in [0.717, 1.165) is 67.9 Å². The van der Waals surface area contributed by atoms with Crippen LogP contribution in [0.3, 0.4) is 0 Å². The summed E-state index contributed by atoms with van der Waals surface area (Å²) in [6.07, 6.45) is 7.21. The van der Waals surface area contributed by atoms with Crippen LogP contribution in [0.25, 0.3) is 43.6 Å². The summed E-state index contributed by atoms with van der Waals surface area (Å²) in [5.74, 6) is -5.17. The van der Waals surface area contributed by atoms with Gasteiger partial charge in [0.2, 0.25) is 0 Å². The fourth-order valence-electron chi connectivity index (χ4n) is 4.83. The molecule has 4 N–H and O–H groups in total. The third kappa shape index (κ3) is 11.6. The van der Waals surface area contributed by atoms with Crippen molar-refractivity contribution in [3.05, 3.63) is 160 Å². The van der Waals surface area contributed by atoms with E-state index in [1.54, 1.807) is 24.8 Å². The number of benzene rings is 4. The number of carbonyl (C=O) groups excluding carboxylic acids is 2. The van der Waals surface area contributed by atoms with Crippen LogP contribution in [0, 0.1) is 53.5 Å². The van der Waals surface area contributed by atoms with E-state index in [9.17, 15) is 19.8 Å².